The van der Waals surface area contributed by atoms with Gasteiger partial charge in [0.05, 0.1) is 30.7 Å². The highest BCUT2D eigenvalue weighted by atomic mass is 16.3. The van der Waals surface area contributed by atoms with Crippen LogP contribution in [0, 0.1) is 16.7 Å². The van der Waals surface area contributed by atoms with Gasteiger partial charge in [-0.2, -0.15) is 5.26 Å². The molecule has 1 aromatic rings. The maximum Gasteiger partial charge on any atom is 0.230 e. The van der Waals surface area contributed by atoms with Gasteiger partial charge in [0, 0.05) is 13.1 Å². The molecule has 21 heavy (non-hydrogen) atoms. The Hall–Kier alpha value is -1.80. The van der Waals surface area contributed by atoms with E-state index in [1.54, 1.807) is 11.2 Å². The summed E-state index contributed by atoms with van der Waals surface area (Å²) < 4.78 is 5.34. The highest BCUT2D eigenvalue weighted by Crippen LogP contribution is 2.37. The number of amides is 1. The number of hydrogen-bond acceptors (Lipinski definition) is 4. The smallest absolute Gasteiger partial charge is 0.230 e. The van der Waals surface area contributed by atoms with E-state index in [1.165, 1.54) is 6.42 Å². The van der Waals surface area contributed by atoms with Gasteiger partial charge in [-0.3, -0.25) is 4.79 Å². The standard InChI is InChI=1S/C16H23N3O2/c17-9-5-10-19(12-14-6-4-11-21-14)15(20)16(13-18)7-2-1-3-8-16/h4,6,11H,1-3,5,7-8,10,12-13,18H2. The summed E-state index contributed by atoms with van der Waals surface area (Å²) in [7, 11) is 0. The fraction of sp³-hybridized carbons (Fsp3) is 0.625. The first-order chi connectivity index (χ1) is 10.2. The van der Waals surface area contributed by atoms with E-state index >= 15 is 0 Å². The highest BCUT2D eigenvalue weighted by Gasteiger charge is 2.40. The zero-order chi connectivity index (χ0) is 15.1. The lowest BCUT2D eigenvalue weighted by Crippen LogP contribution is -2.49. The number of nitriles is 1. The quantitative estimate of drug-likeness (QED) is 0.871. The summed E-state index contributed by atoms with van der Waals surface area (Å²) in [6.45, 7) is 1.22. The lowest BCUT2D eigenvalue weighted by molar-refractivity contribution is -0.144. The van der Waals surface area contributed by atoms with Gasteiger partial charge in [-0.1, -0.05) is 19.3 Å². The molecular weight excluding hydrogens is 266 g/mol. The van der Waals surface area contributed by atoms with Crippen LogP contribution in [-0.4, -0.2) is 23.9 Å². The Morgan fingerprint density at radius 3 is 2.76 bits per heavy atom. The number of rotatable bonds is 6. The van der Waals surface area contributed by atoms with Gasteiger partial charge in [-0.05, 0) is 25.0 Å². The van der Waals surface area contributed by atoms with Crippen molar-refractivity contribution in [1.82, 2.24) is 4.90 Å². The van der Waals surface area contributed by atoms with Crippen molar-refractivity contribution in [2.75, 3.05) is 13.1 Å². The van der Waals surface area contributed by atoms with E-state index in [9.17, 15) is 4.79 Å². The molecule has 2 rings (SSSR count). The van der Waals surface area contributed by atoms with E-state index in [0.29, 0.717) is 26.1 Å². The first-order valence-corrected chi connectivity index (χ1v) is 7.60. The van der Waals surface area contributed by atoms with Gasteiger partial charge in [0.1, 0.15) is 5.76 Å². The fourth-order valence-electron chi connectivity index (χ4n) is 3.10. The molecule has 1 aromatic heterocycles. The van der Waals surface area contributed by atoms with Crippen LogP contribution in [0.3, 0.4) is 0 Å². The number of furan rings is 1. The summed E-state index contributed by atoms with van der Waals surface area (Å²) in [5.41, 5.74) is 5.50. The van der Waals surface area contributed by atoms with Crippen molar-refractivity contribution in [2.24, 2.45) is 11.1 Å². The Balaban J connectivity index is 2.13. The van der Waals surface area contributed by atoms with Crippen LogP contribution >= 0.6 is 0 Å². The van der Waals surface area contributed by atoms with Crippen molar-refractivity contribution < 1.29 is 9.21 Å². The maximum absolute atomic E-state index is 13.0. The number of carbonyl (C=O) groups excluding carboxylic acids is 1. The summed E-state index contributed by atoms with van der Waals surface area (Å²) in [6.07, 6.45) is 6.90. The molecule has 5 heteroatoms. The summed E-state index contributed by atoms with van der Waals surface area (Å²) in [5, 5.41) is 8.82. The van der Waals surface area contributed by atoms with Crippen molar-refractivity contribution in [1.29, 1.82) is 5.26 Å². The molecule has 1 saturated carbocycles. The molecule has 0 unspecified atom stereocenters. The molecule has 0 aliphatic heterocycles. The second-order valence-corrected chi connectivity index (χ2v) is 5.76. The van der Waals surface area contributed by atoms with Crippen LogP contribution in [0.5, 0.6) is 0 Å². The summed E-state index contributed by atoms with van der Waals surface area (Å²) in [6, 6.07) is 5.77. The van der Waals surface area contributed by atoms with Crippen molar-refractivity contribution in [2.45, 2.75) is 45.1 Å². The van der Waals surface area contributed by atoms with Crippen LogP contribution in [0.1, 0.15) is 44.3 Å². The Morgan fingerprint density at radius 1 is 1.43 bits per heavy atom. The minimum absolute atomic E-state index is 0.0800. The first-order valence-electron chi connectivity index (χ1n) is 7.60. The van der Waals surface area contributed by atoms with Crippen LogP contribution in [0.4, 0.5) is 0 Å². The topological polar surface area (TPSA) is 83.3 Å². The normalized spacial score (nSPS) is 17.1. The van der Waals surface area contributed by atoms with Gasteiger partial charge in [0.2, 0.25) is 5.91 Å². The van der Waals surface area contributed by atoms with Crippen molar-refractivity contribution in [3.05, 3.63) is 24.2 Å². The number of hydrogen-bond donors (Lipinski definition) is 1. The van der Waals surface area contributed by atoms with E-state index in [1.807, 2.05) is 12.1 Å². The van der Waals surface area contributed by atoms with Gasteiger partial charge in [-0.15, -0.1) is 0 Å². The molecule has 1 aliphatic rings. The summed E-state index contributed by atoms with van der Waals surface area (Å²) in [4.78, 5) is 14.7. The minimum Gasteiger partial charge on any atom is -0.467 e. The van der Waals surface area contributed by atoms with Crippen LogP contribution in [0.25, 0.3) is 0 Å². The molecule has 0 aromatic carbocycles. The van der Waals surface area contributed by atoms with Gasteiger partial charge in [0.15, 0.2) is 0 Å². The average molecular weight is 289 g/mol. The van der Waals surface area contributed by atoms with Gasteiger partial charge < -0.3 is 15.1 Å². The summed E-state index contributed by atoms with van der Waals surface area (Å²) >= 11 is 0. The van der Waals surface area contributed by atoms with Crippen molar-refractivity contribution >= 4 is 5.91 Å². The third-order valence-electron chi connectivity index (χ3n) is 4.36. The molecule has 114 valence electrons. The van der Waals surface area contributed by atoms with Crippen LogP contribution in [0.2, 0.25) is 0 Å². The lowest BCUT2D eigenvalue weighted by atomic mass is 9.73. The molecule has 1 fully saturated rings. The molecule has 0 atom stereocenters. The van der Waals surface area contributed by atoms with E-state index in [2.05, 4.69) is 6.07 Å². The maximum atomic E-state index is 13.0. The number of carbonyl (C=O) groups is 1. The van der Waals surface area contributed by atoms with Crippen molar-refractivity contribution in [3.8, 4) is 6.07 Å². The van der Waals surface area contributed by atoms with Crippen LogP contribution < -0.4 is 5.73 Å². The molecule has 0 radical (unpaired) electrons. The Kier molecular flexibility index (Phi) is 5.40. The SMILES string of the molecule is N#CCCN(Cc1ccco1)C(=O)C1(CN)CCCCC1. The molecule has 1 aliphatic carbocycles. The zero-order valence-corrected chi connectivity index (χ0v) is 12.4. The van der Waals surface area contributed by atoms with Gasteiger partial charge >= 0.3 is 0 Å². The lowest BCUT2D eigenvalue weighted by Gasteiger charge is -2.38. The van der Waals surface area contributed by atoms with E-state index < -0.39 is 5.41 Å². The Morgan fingerprint density at radius 2 is 2.19 bits per heavy atom. The van der Waals surface area contributed by atoms with Crippen LogP contribution in [-0.2, 0) is 11.3 Å². The average Bonchev–Trinajstić information content (AvgIpc) is 3.04. The molecule has 2 N–H and O–H groups in total. The molecule has 0 spiro atoms. The second-order valence-electron chi connectivity index (χ2n) is 5.76. The molecule has 5 nitrogen and oxygen atoms in total. The third-order valence-corrected chi connectivity index (χ3v) is 4.36. The summed E-state index contributed by atoms with van der Waals surface area (Å²) in [5.74, 6) is 0.820. The number of nitrogens with two attached hydrogens (primary N) is 1. The molecule has 0 saturated heterocycles. The van der Waals surface area contributed by atoms with Crippen molar-refractivity contribution in [3.63, 3.8) is 0 Å². The third kappa shape index (κ3) is 3.64. The first kappa shape index (κ1) is 15.6. The molecule has 0 bridgehead atoms. The van der Waals surface area contributed by atoms with E-state index in [4.69, 9.17) is 15.4 Å². The predicted octanol–water partition coefficient (Wildman–Crippen LogP) is 2.43. The Labute approximate surface area is 125 Å². The fourth-order valence-corrected chi connectivity index (χ4v) is 3.10. The predicted molar refractivity (Wildman–Crippen MR) is 78.9 cm³/mol. The number of nitrogens with zero attached hydrogens (tertiary/aromatic N) is 2. The Bertz CT molecular complexity index is 484. The van der Waals surface area contributed by atoms with Gasteiger partial charge in [-0.25, -0.2) is 0 Å². The monoisotopic (exact) mass is 289 g/mol. The van der Waals surface area contributed by atoms with Gasteiger partial charge in [0.25, 0.3) is 0 Å². The highest BCUT2D eigenvalue weighted by molar-refractivity contribution is 5.83. The molecular formula is C16H23N3O2. The molecule has 1 heterocycles. The zero-order valence-electron chi connectivity index (χ0n) is 12.4. The minimum atomic E-state index is -0.444. The van der Waals surface area contributed by atoms with E-state index in [0.717, 1.165) is 31.4 Å². The van der Waals surface area contributed by atoms with E-state index in [-0.39, 0.29) is 5.91 Å². The largest absolute Gasteiger partial charge is 0.467 e. The molecule has 1 amide bonds. The second kappa shape index (κ2) is 7.28. The van der Waals surface area contributed by atoms with Crippen LogP contribution in [0.15, 0.2) is 22.8 Å².